The van der Waals surface area contributed by atoms with Crippen LogP contribution in [0.15, 0.2) is 38.6 Å². The molecule has 1 N–H and O–H groups in total. The molecule has 0 radical (unpaired) electrons. The van der Waals surface area contributed by atoms with Gasteiger partial charge in [0.2, 0.25) is 0 Å². The maximum absolute atomic E-state index is 3.68. The number of rotatable bonds is 5. The molecule has 2 rings (SSSR count). The van der Waals surface area contributed by atoms with Gasteiger partial charge in [0.05, 0.1) is 6.04 Å². The van der Waals surface area contributed by atoms with Crippen molar-refractivity contribution < 1.29 is 0 Å². The van der Waals surface area contributed by atoms with Gasteiger partial charge in [0.1, 0.15) is 0 Å². The maximum Gasteiger partial charge on any atom is 0.0598 e. The van der Waals surface area contributed by atoms with Crippen molar-refractivity contribution in [2.24, 2.45) is 0 Å². The molecule has 2 aromatic rings. The van der Waals surface area contributed by atoms with E-state index in [4.69, 9.17) is 0 Å². The normalized spacial score (nSPS) is 12.6. The molecule has 1 atom stereocenters. The number of hydrogen-bond acceptors (Lipinski definition) is 2. The van der Waals surface area contributed by atoms with Gasteiger partial charge < -0.3 is 5.32 Å². The van der Waals surface area contributed by atoms with Gasteiger partial charge in [-0.05, 0) is 54.6 Å². The van der Waals surface area contributed by atoms with Crippen LogP contribution in [0.25, 0.3) is 0 Å². The lowest BCUT2D eigenvalue weighted by Gasteiger charge is -2.21. The van der Waals surface area contributed by atoms with Crippen molar-refractivity contribution in [1.82, 2.24) is 5.32 Å². The zero-order chi connectivity index (χ0) is 13.8. The van der Waals surface area contributed by atoms with Crippen LogP contribution in [0.1, 0.15) is 35.4 Å². The lowest BCUT2D eigenvalue weighted by molar-refractivity contribution is 0.596. The van der Waals surface area contributed by atoms with E-state index in [1.165, 1.54) is 16.0 Å². The fraction of sp³-hybridized carbons (Fsp3) is 0.333. The van der Waals surface area contributed by atoms with Gasteiger partial charge in [0.25, 0.3) is 0 Å². The van der Waals surface area contributed by atoms with Crippen LogP contribution in [0.5, 0.6) is 0 Å². The predicted octanol–water partition coefficient (Wildman–Crippen LogP) is 5.67. The van der Waals surface area contributed by atoms with Gasteiger partial charge in [-0.25, -0.2) is 0 Å². The van der Waals surface area contributed by atoms with Crippen LogP contribution >= 0.6 is 43.2 Å². The molecule has 0 spiro atoms. The molecule has 0 bridgehead atoms. The second-order valence-electron chi connectivity index (χ2n) is 4.49. The third kappa shape index (κ3) is 3.69. The first kappa shape index (κ1) is 15.2. The Morgan fingerprint density at radius 2 is 2.00 bits per heavy atom. The maximum atomic E-state index is 3.68. The molecule has 0 amide bonds. The minimum absolute atomic E-state index is 0.258. The molecule has 4 heteroatoms. The highest BCUT2D eigenvalue weighted by molar-refractivity contribution is 9.11. The quantitative estimate of drug-likeness (QED) is 0.679. The first-order valence-electron chi connectivity index (χ1n) is 6.35. The molecular weight excluding hydrogens is 386 g/mol. The third-order valence-electron chi connectivity index (χ3n) is 3.08. The molecule has 1 aromatic heterocycles. The van der Waals surface area contributed by atoms with Crippen LogP contribution in [0.4, 0.5) is 0 Å². The largest absolute Gasteiger partial charge is 0.306 e. The highest BCUT2D eigenvalue weighted by atomic mass is 79.9. The van der Waals surface area contributed by atoms with Crippen molar-refractivity contribution in [2.75, 3.05) is 6.54 Å². The Morgan fingerprint density at radius 1 is 1.21 bits per heavy atom. The van der Waals surface area contributed by atoms with Gasteiger partial charge in [-0.15, -0.1) is 11.3 Å². The van der Waals surface area contributed by atoms with Crippen LogP contribution in [-0.2, 0) is 0 Å². The average Bonchev–Trinajstić information content (AvgIpc) is 2.78. The van der Waals surface area contributed by atoms with Crippen molar-refractivity contribution in [3.8, 4) is 0 Å². The van der Waals surface area contributed by atoms with Gasteiger partial charge >= 0.3 is 0 Å². The average molecular weight is 403 g/mol. The minimum Gasteiger partial charge on any atom is -0.306 e. The van der Waals surface area contributed by atoms with Crippen LogP contribution in [0, 0.1) is 6.92 Å². The molecule has 0 saturated carbocycles. The topological polar surface area (TPSA) is 12.0 Å². The second-order valence-corrected chi connectivity index (χ2v) is 7.38. The van der Waals surface area contributed by atoms with E-state index < -0.39 is 0 Å². The van der Waals surface area contributed by atoms with E-state index in [1.54, 1.807) is 11.3 Å². The molecule has 19 heavy (non-hydrogen) atoms. The fourth-order valence-electron chi connectivity index (χ4n) is 2.11. The van der Waals surface area contributed by atoms with Gasteiger partial charge in [0, 0.05) is 13.8 Å². The summed E-state index contributed by atoms with van der Waals surface area (Å²) in [5.74, 6) is 0. The Hall–Kier alpha value is -0.160. The molecule has 0 aliphatic rings. The van der Waals surface area contributed by atoms with Crippen molar-refractivity contribution in [2.45, 2.75) is 26.3 Å². The zero-order valence-electron chi connectivity index (χ0n) is 11.0. The molecular formula is C15H17Br2NS. The lowest BCUT2D eigenvalue weighted by Crippen LogP contribution is -2.23. The predicted molar refractivity (Wildman–Crippen MR) is 91.0 cm³/mol. The first-order valence-corrected chi connectivity index (χ1v) is 8.82. The molecule has 0 fully saturated rings. The Labute approximate surface area is 135 Å². The minimum atomic E-state index is 0.258. The first-order chi connectivity index (χ1) is 9.13. The van der Waals surface area contributed by atoms with E-state index in [-0.39, 0.29) is 6.04 Å². The van der Waals surface area contributed by atoms with Crippen LogP contribution in [0.2, 0.25) is 0 Å². The molecule has 0 aliphatic carbocycles. The molecule has 0 aliphatic heterocycles. The van der Waals surface area contributed by atoms with Crippen molar-refractivity contribution >= 4 is 43.2 Å². The summed E-state index contributed by atoms with van der Waals surface area (Å²) >= 11 is 9.00. The van der Waals surface area contributed by atoms with Gasteiger partial charge in [-0.1, -0.05) is 44.8 Å². The van der Waals surface area contributed by atoms with Crippen molar-refractivity contribution in [3.05, 3.63) is 54.6 Å². The standard InChI is InChI=1S/C15H17Br2NS/c1-3-7-18-15(12-6-8-19-10(12)2)13-5-4-11(16)9-14(13)17/h4-6,8-9,15,18H,3,7H2,1-2H3. The molecule has 1 nitrogen and oxygen atoms in total. The van der Waals surface area contributed by atoms with E-state index in [9.17, 15) is 0 Å². The summed E-state index contributed by atoms with van der Waals surface area (Å²) in [4.78, 5) is 1.38. The highest BCUT2D eigenvalue weighted by Gasteiger charge is 2.18. The summed E-state index contributed by atoms with van der Waals surface area (Å²) in [6.45, 7) is 5.40. The number of thiophene rings is 1. The Balaban J connectivity index is 2.40. The van der Waals surface area contributed by atoms with Gasteiger partial charge in [-0.3, -0.25) is 0 Å². The Kier molecular flexibility index (Phi) is 5.63. The molecule has 1 aromatic carbocycles. The number of nitrogens with one attached hydrogen (secondary N) is 1. The number of aryl methyl sites for hydroxylation is 1. The molecule has 1 unspecified atom stereocenters. The Morgan fingerprint density at radius 3 is 2.58 bits per heavy atom. The Bertz CT molecular complexity index is 551. The fourth-order valence-corrected chi connectivity index (χ4v) is 4.12. The summed E-state index contributed by atoms with van der Waals surface area (Å²) in [5.41, 5.74) is 2.67. The van der Waals surface area contributed by atoms with E-state index >= 15 is 0 Å². The molecule has 0 saturated heterocycles. The second kappa shape index (κ2) is 7.02. The van der Waals surface area contributed by atoms with Crippen LogP contribution < -0.4 is 5.32 Å². The van der Waals surface area contributed by atoms with E-state index in [2.05, 4.69) is 80.7 Å². The summed E-state index contributed by atoms with van der Waals surface area (Å²) in [7, 11) is 0. The van der Waals surface area contributed by atoms with E-state index in [1.807, 2.05) is 0 Å². The summed E-state index contributed by atoms with van der Waals surface area (Å²) < 4.78 is 2.24. The lowest BCUT2D eigenvalue weighted by atomic mass is 9.99. The smallest absolute Gasteiger partial charge is 0.0598 e. The molecule has 102 valence electrons. The van der Waals surface area contributed by atoms with E-state index in [0.29, 0.717) is 0 Å². The van der Waals surface area contributed by atoms with Gasteiger partial charge in [0.15, 0.2) is 0 Å². The third-order valence-corrected chi connectivity index (χ3v) is 5.12. The van der Waals surface area contributed by atoms with Crippen molar-refractivity contribution in [3.63, 3.8) is 0 Å². The number of benzene rings is 1. The summed E-state index contributed by atoms with van der Waals surface area (Å²) in [6, 6.07) is 8.87. The molecule has 1 heterocycles. The van der Waals surface area contributed by atoms with E-state index in [0.717, 1.165) is 21.9 Å². The van der Waals surface area contributed by atoms with Crippen LogP contribution in [-0.4, -0.2) is 6.54 Å². The number of hydrogen-bond donors (Lipinski definition) is 1. The SMILES string of the molecule is CCCNC(c1ccc(Br)cc1Br)c1ccsc1C. The number of halogens is 2. The van der Waals surface area contributed by atoms with Crippen LogP contribution in [0.3, 0.4) is 0 Å². The van der Waals surface area contributed by atoms with Crippen molar-refractivity contribution in [1.29, 1.82) is 0 Å². The highest BCUT2D eigenvalue weighted by Crippen LogP contribution is 2.33. The summed E-state index contributed by atoms with van der Waals surface area (Å²) in [6.07, 6.45) is 1.13. The zero-order valence-corrected chi connectivity index (χ0v) is 15.0. The van der Waals surface area contributed by atoms with Gasteiger partial charge in [-0.2, -0.15) is 0 Å². The summed E-state index contributed by atoms with van der Waals surface area (Å²) in [5, 5.41) is 5.82. The monoisotopic (exact) mass is 401 g/mol.